The van der Waals surface area contributed by atoms with Crippen molar-refractivity contribution in [1.29, 1.82) is 0 Å². The molecule has 1 heterocycles. The van der Waals surface area contributed by atoms with Gasteiger partial charge in [0, 0.05) is 0 Å². The Labute approximate surface area is 60.0 Å². The number of carboxylic acid groups (broad SMARTS) is 1. The molecule has 1 aliphatic rings. The molecule has 1 aliphatic heterocycles. The number of carbonyl (C=O) groups is 1. The molecule has 0 radical (unpaired) electrons. The Morgan fingerprint density at radius 1 is 1.89 bits per heavy atom. The van der Waals surface area contributed by atoms with Crippen LogP contribution in [0.3, 0.4) is 0 Å². The first-order valence-corrected chi connectivity index (χ1v) is 5.00. The molecule has 0 saturated carbocycles. The van der Waals surface area contributed by atoms with E-state index in [0.717, 1.165) is 5.32 Å². The molecular weight excluding hydrogens is 185 g/mol. The molecule has 9 heavy (non-hydrogen) atoms. The monoisotopic (exact) mass is 195 g/mol. The molecule has 3 nitrogen and oxygen atoms in total. The minimum absolute atomic E-state index is 0.264. The summed E-state index contributed by atoms with van der Waals surface area (Å²) in [4.78, 5) is 10.7. The second-order valence-corrected chi connectivity index (χ2v) is 4.92. The first-order valence-electron chi connectivity index (χ1n) is 2.80. The van der Waals surface area contributed by atoms with Gasteiger partial charge in [-0.25, -0.2) is 0 Å². The maximum atomic E-state index is 10.3. The van der Waals surface area contributed by atoms with E-state index in [1.807, 2.05) is 6.92 Å². The fraction of sp³-hybridized carbons (Fsp3) is 0.800. The summed E-state index contributed by atoms with van der Waals surface area (Å²) in [5.41, 5.74) is 0. The normalized spacial score (nSPS) is 34.8. The van der Waals surface area contributed by atoms with Crippen molar-refractivity contribution in [2.45, 2.75) is 23.2 Å². The maximum absolute atomic E-state index is 10.3. The van der Waals surface area contributed by atoms with Gasteiger partial charge in [-0.1, -0.05) is 0 Å². The van der Waals surface area contributed by atoms with Crippen LogP contribution in [0.4, 0.5) is 0 Å². The molecule has 2 unspecified atom stereocenters. The molecule has 0 aliphatic carbocycles. The first kappa shape index (κ1) is 7.06. The van der Waals surface area contributed by atoms with Gasteiger partial charge in [0.15, 0.2) is 0 Å². The van der Waals surface area contributed by atoms with Crippen LogP contribution in [0.2, 0.25) is 5.32 Å². The molecule has 0 bridgehead atoms. The van der Waals surface area contributed by atoms with Gasteiger partial charge in [-0.05, 0) is 0 Å². The molecule has 4 heteroatoms. The predicted octanol–water partition coefficient (Wildman–Crippen LogP) is -0.489. The van der Waals surface area contributed by atoms with Crippen LogP contribution in [0.1, 0.15) is 6.92 Å². The summed E-state index contributed by atoms with van der Waals surface area (Å²) < 4.78 is 0. The van der Waals surface area contributed by atoms with Gasteiger partial charge < -0.3 is 0 Å². The van der Waals surface area contributed by atoms with Crippen molar-refractivity contribution >= 4 is 20.9 Å². The van der Waals surface area contributed by atoms with E-state index in [2.05, 4.69) is 5.32 Å². The summed E-state index contributed by atoms with van der Waals surface area (Å²) in [5.74, 6) is -0.707. The molecule has 1 fully saturated rings. The van der Waals surface area contributed by atoms with E-state index >= 15 is 0 Å². The van der Waals surface area contributed by atoms with Gasteiger partial charge >= 0.3 is 59.4 Å². The van der Waals surface area contributed by atoms with E-state index in [9.17, 15) is 4.79 Å². The van der Waals surface area contributed by atoms with Crippen molar-refractivity contribution in [1.82, 2.24) is 5.32 Å². The zero-order valence-electron chi connectivity index (χ0n) is 5.13. The number of nitrogens with one attached hydrogen (secondary N) is 1. The molecule has 1 rings (SSSR count). The quantitative estimate of drug-likeness (QED) is 0.554. The SMILES string of the molecule is CC1NC(C(=O)O)C[Se]1. The van der Waals surface area contributed by atoms with E-state index in [1.165, 1.54) is 0 Å². The van der Waals surface area contributed by atoms with Crippen molar-refractivity contribution in [3.8, 4) is 0 Å². The number of hydrogen-bond donors (Lipinski definition) is 2. The van der Waals surface area contributed by atoms with Crippen LogP contribution in [0.15, 0.2) is 0 Å². The van der Waals surface area contributed by atoms with Crippen LogP contribution in [0.25, 0.3) is 0 Å². The fourth-order valence-electron chi connectivity index (χ4n) is 0.763. The van der Waals surface area contributed by atoms with E-state index in [-0.39, 0.29) is 6.04 Å². The average molecular weight is 194 g/mol. The summed E-state index contributed by atoms with van der Waals surface area (Å²) >= 11 is 0.489. The molecule has 0 aromatic rings. The van der Waals surface area contributed by atoms with Gasteiger partial charge in [0.1, 0.15) is 0 Å². The van der Waals surface area contributed by atoms with Crippen molar-refractivity contribution in [2.24, 2.45) is 0 Å². The molecule has 0 aromatic carbocycles. The van der Waals surface area contributed by atoms with Crippen molar-refractivity contribution in [2.75, 3.05) is 0 Å². The van der Waals surface area contributed by atoms with Crippen LogP contribution in [-0.4, -0.2) is 37.0 Å². The Hall–Kier alpha value is -0.0505. The Balaban J connectivity index is 2.39. The predicted molar refractivity (Wildman–Crippen MR) is 34.6 cm³/mol. The average Bonchev–Trinajstić information content (AvgIpc) is 2.14. The summed E-state index contributed by atoms with van der Waals surface area (Å²) in [6.45, 7) is 2.03. The van der Waals surface area contributed by atoms with Crippen LogP contribution in [-0.2, 0) is 4.79 Å². The third-order valence-corrected chi connectivity index (χ3v) is 3.68. The molecule has 1 saturated heterocycles. The summed E-state index contributed by atoms with van der Waals surface area (Å²) in [7, 11) is 0. The van der Waals surface area contributed by atoms with Crippen LogP contribution in [0, 0.1) is 0 Å². The Bertz CT molecular complexity index is 128. The van der Waals surface area contributed by atoms with Crippen LogP contribution >= 0.6 is 0 Å². The topological polar surface area (TPSA) is 49.3 Å². The Kier molecular flexibility index (Phi) is 2.11. The van der Waals surface area contributed by atoms with Crippen molar-refractivity contribution in [3.05, 3.63) is 0 Å². The zero-order valence-corrected chi connectivity index (χ0v) is 6.84. The number of aliphatic carboxylic acids is 1. The molecule has 0 aromatic heterocycles. The molecular formula is C5H9NO2Se. The van der Waals surface area contributed by atoms with Gasteiger partial charge in [-0.15, -0.1) is 0 Å². The van der Waals surface area contributed by atoms with E-state index in [4.69, 9.17) is 5.11 Å². The molecule has 52 valence electrons. The van der Waals surface area contributed by atoms with Gasteiger partial charge in [0.25, 0.3) is 0 Å². The van der Waals surface area contributed by atoms with Crippen LogP contribution < -0.4 is 5.32 Å². The Morgan fingerprint density at radius 3 is 2.78 bits per heavy atom. The molecule has 0 amide bonds. The third-order valence-electron chi connectivity index (χ3n) is 1.25. The van der Waals surface area contributed by atoms with E-state index in [0.29, 0.717) is 19.9 Å². The fourth-order valence-corrected chi connectivity index (χ4v) is 2.82. The number of hydrogen-bond acceptors (Lipinski definition) is 2. The summed E-state index contributed by atoms with van der Waals surface area (Å²) in [6.07, 6.45) is 0. The summed E-state index contributed by atoms with van der Waals surface area (Å²) in [6, 6.07) is -0.264. The third kappa shape index (κ3) is 1.68. The zero-order chi connectivity index (χ0) is 6.85. The second-order valence-electron chi connectivity index (χ2n) is 2.03. The van der Waals surface area contributed by atoms with Crippen molar-refractivity contribution in [3.63, 3.8) is 0 Å². The van der Waals surface area contributed by atoms with Gasteiger partial charge in [-0.3, -0.25) is 0 Å². The summed E-state index contributed by atoms with van der Waals surface area (Å²) in [5, 5.41) is 12.3. The minimum atomic E-state index is -0.707. The van der Waals surface area contributed by atoms with Gasteiger partial charge in [0.2, 0.25) is 0 Å². The first-order chi connectivity index (χ1) is 4.20. The number of rotatable bonds is 1. The Morgan fingerprint density at radius 2 is 2.56 bits per heavy atom. The standard InChI is InChI=1S/C5H9NO2Se/c1-3-6-4(2-9-3)5(7)8/h3-4,6H,2H2,1H3,(H,7,8). The van der Waals surface area contributed by atoms with E-state index in [1.54, 1.807) is 0 Å². The molecule has 0 spiro atoms. The molecule has 2 atom stereocenters. The number of carboxylic acids is 1. The molecule has 2 N–H and O–H groups in total. The second kappa shape index (κ2) is 2.69. The van der Waals surface area contributed by atoms with Crippen LogP contribution in [0.5, 0.6) is 0 Å². The van der Waals surface area contributed by atoms with Gasteiger partial charge in [-0.2, -0.15) is 0 Å². The van der Waals surface area contributed by atoms with Crippen molar-refractivity contribution < 1.29 is 9.90 Å². The van der Waals surface area contributed by atoms with E-state index < -0.39 is 5.97 Å². The van der Waals surface area contributed by atoms with Gasteiger partial charge in [0.05, 0.1) is 0 Å².